The first-order valence-electron chi connectivity index (χ1n) is 7.10. The van der Waals surface area contributed by atoms with Gasteiger partial charge in [-0.05, 0) is 54.6 Å². The normalized spacial score (nSPS) is 28.4. The molecule has 106 valence electrons. The maximum atomic E-state index is 6.54. The van der Waals surface area contributed by atoms with E-state index in [2.05, 4.69) is 25.8 Å². The van der Waals surface area contributed by atoms with Crippen molar-refractivity contribution in [3.8, 4) is 0 Å². The second-order valence-electron chi connectivity index (χ2n) is 6.82. The van der Waals surface area contributed by atoms with Gasteiger partial charge in [0.15, 0.2) is 0 Å². The highest BCUT2D eigenvalue weighted by Crippen LogP contribution is 2.43. The van der Waals surface area contributed by atoms with Gasteiger partial charge in [-0.3, -0.25) is 4.98 Å². The van der Waals surface area contributed by atoms with E-state index in [1.54, 1.807) is 6.20 Å². The molecule has 2 rings (SSSR count). The third kappa shape index (κ3) is 3.86. The number of hydrogen-bond acceptors (Lipinski definition) is 1. The predicted octanol–water partition coefficient (Wildman–Crippen LogP) is 5.35. The van der Waals surface area contributed by atoms with Crippen molar-refractivity contribution in [1.29, 1.82) is 0 Å². The summed E-state index contributed by atoms with van der Waals surface area (Å²) < 4.78 is 0. The van der Waals surface area contributed by atoms with Gasteiger partial charge in [-0.1, -0.05) is 32.4 Å². The molecule has 1 fully saturated rings. The van der Waals surface area contributed by atoms with Crippen LogP contribution in [-0.2, 0) is 6.42 Å². The first-order valence-corrected chi connectivity index (χ1v) is 7.92. The van der Waals surface area contributed by atoms with E-state index >= 15 is 0 Å². The maximum absolute atomic E-state index is 6.54. The second kappa shape index (κ2) is 6.01. The minimum absolute atomic E-state index is 0.280. The summed E-state index contributed by atoms with van der Waals surface area (Å²) >= 11 is 12.8. The zero-order chi connectivity index (χ0) is 14.0. The summed E-state index contributed by atoms with van der Waals surface area (Å²) in [5.74, 6) is 1.28. The fourth-order valence-electron chi connectivity index (χ4n) is 3.08. The van der Waals surface area contributed by atoms with Gasteiger partial charge in [0.25, 0.3) is 0 Å². The number of rotatable bonds is 2. The molecule has 0 spiro atoms. The average Bonchev–Trinajstić information content (AvgIpc) is 2.33. The molecule has 1 heterocycles. The van der Waals surface area contributed by atoms with Crippen molar-refractivity contribution in [1.82, 2.24) is 4.98 Å². The van der Waals surface area contributed by atoms with Crippen molar-refractivity contribution < 1.29 is 0 Å². The molecular formula is C16H23Cl2N. The lowest BCUT2D eigenvalue weighted by atomic mass is 9.68. The van der Waals surface area contributed by atoms with Crippen molar-refractivity contribution in [2.24, 2.45) is 17.3 Å². The molecule has 0 saturated heterocycles. The maximum Gasteiger partial charge on any atom is 0.0621 e. The molecule has 1 aliphatic carbocycles. The molecule has 1 saturated carbocycles. The van der Waals surface area contributed by atoms with Crippen LogP contribution in [0.15, 0.2) is 18.5 Å². The molecule has 0 N–H and O–H groups in total. The number of pyridine rings is 1. The van der Waals surface area contributed by atoms with E-state index in [0.29, 0.717) is 11.3 Å². The van der Waals surface area contributed by atoms with Crippen LogP contribution < -0.4 is 0 Å². The lowest BCUT2D eigenvalue weighted by molar-refractivity contribution is 0.144. The summed E-state index contributed by atoms with van der Waals surface area (Å²) in [5, 5.41) is 1.05. The number of hydrogen-bond donors (Lipinski definition) is 0. The zero-order valence-electron chi connectivity index (χ0n) is 12.0. The SMILES string of the molecule is CC(C)(C)C1CCC(Cl)C(Cc2ccncc2Cl)C1. The van der Waals surface area contributed by atoms with Gasteiger partial charge in [-0.2, -0.15) is 0 Å². The van der Waals surface area contributed by atoms with Crippen LogP contribution in [0.2, 0.25) is 5.02 Å². The quantitative estimate of drug-likeness (QED) is 0.671. The van der Waals surface area contributed by atoms with Gasteiger partial charge in [0.1, 0.15) is 0 Å². The van der Waals surface area contributed by atoms with E-state index in [1.807, 2.05) is 12.3 Å². The van der Waals surface area contributed by atoms with Crippen LogP contribution in [0.25, 0.3) is 0 Å². The summed E-state index contributed by atoms with van der Waals surface area (Å²) in [6.07, 6.45) is 8.09. The highest BCUT2D eigenvalue weighted by molar-refractivity contribution is 6.31. The third-order valence-corrected chi connectivity index (χ3v) is 5.37. The van der Waals surface area contributed by atoms with Crippen molar-refractivity contribution in [3.05, 3.63) is 29.0 Å². The van der Waals surface area contributed by atoms with E-state index < -0.39 is 0 Å². The summed E-state index contributed by atoms with van der Waals surface area (Å²) in [4.78, 5) is 4.05. The molecule has 1 nitrogen and oxygen atoms in total. The van der Waals surface area contributed by atoms with Crippen LogP contribution in [-0.4, -0.2) is 10.4 Å². The topological polar surface area (TPSA) is 12.9 Å². The second-order valence-corrected chi connectivity index (χ2v) is 7.79. The van der Waals surface area contributed by atoms with Crippen LogP contribution >= 0.6 is 23.2 Å². The number of nitrogens with zero attached hydrogens (tertiary/aromatic N) is 1. The van der Waals surface area contributed by atoms with Gasteiger partial charge >= 0.3 is 0 Å². The van der Waals surface area contributed by atoms with E-state index in [-0.39, 0.29) is 5.38 Å². The molecule has 3 unspecified atom stereocenters. The van der Waals surface area contributed by atoms with Crippen molar-refractivity contribution >= 4 is 23.2 Å². The van der Waals surface area contributed by atoms with E-state index in [1.165, 1.54) is 18.4 Å². The van der Waals surface area contributed by atoms with Crippen molar-refractivity contribution in [2.75, 3.05) is 0 Å². The monoisotopic (exact) mass is 299 g/mol. The molecule has 0 amide bonds. The smallest absolute Gasteiger partial charge is 0.0621 e. The Morgan fingerprint density at radius 1 is 1.32 bits per heavy atom. The number of halogens is 2. The zero-order valence-corrected chi connectivity index (χ0v) is 13.5. The highest BCUT2D eigenvalue weighted by atomic mass is 35.5. The minimum atomic E-state index is 0.280. The van der Waals surface area contributed by atoms with Gasteiger partial charge in [-0.25, -0.2) is 0 Å². The predicted molar refractivity (Wildman–Crippen MR) is 82.9 cm³/mol. The standard InChI is InChI=1S/C16H23Cl2N/c1-16(2,3)13-4-5-14(17)12(9-13)8-11-6-7-19-10-15(11)18/h6-7,10,12-14H,4-5,8-9H2,1-3H3. The molecule has 1 aromatic rings. The van der Waals surface area contributed by atoms with Gasteiger partial charge in [0.2, 0.25) is 0 Å². The summed E-state index contributed by atoms with van der Waals surface area (Å²) in [6.45, 7) is 7.01. The van der Waals surface area contributed by atoms with Crippen LogP contribution in [0.3, 0.4) is 0 Å². The molecule has 1 aromatic heterocycles. The largest absolute Gasteiger partial charge is 0.263 e. The molecule has 1 aliphatic rings. The molecule has 0 bridgehead atoms. The summed E-state index contributed by atoms with van der Waals surface area (Å²) in [6, 6.07) is 2.02. The van der Waals surface area contributed by atoms with Crippen LogP contribution in [0, 0.1) is 17.3 Å². The molecule has 19 heavy (non-hydrogen) atoms. The van der Waals surface area contributed by atoms with E-state index in [9.17, 15) is 0 Å². The number of alkyl halides is 1. The van der Waals surface area contributed by atoms with Crippen LogP contribution in [0.1, 0.15) is 45.6 Å². The Labute approximate surface area is 126 Å². The molecule has 3 atom stereocenters. The Hall–Kier alpha value is -0.270. The first kappa shape index (κ1) is 15.1. The van der Waals surface area contributed by atoms with Gasteiger partial charge in [0.05, 0.1) is 5.02 Å². The summed E-state index contributed by atoms with van der Waals surface area (Å²) in [7, 11) is 0. The minimum Gasteiger partial charge on any atom is -0.263 e. The van der Waals surface area contributed by atoms with Crippen LogP contribution in [0.4, 0.5) is 0 Å². The fraction of sp³-hybridized carbons (Fsp3) is 0.688. The van der Waals surface area contributed by atoms with Gasteiger partial charge in [0, 0.05) is 17.8 Å². The van der Waals surface area contributed by atoms with E-state index in [4.69, 9.17) is 23.2 Å². The third-order valence-electron chi connectivity index (χ3n) is 4.45. The van der Waals surface area contributed by atoms with E-state index in [0.717, 1.165) is 23.8 Å². The number of aromatic nitrogens is 1. The Morgan fingerprint density at radius 2 is 2.05 bits per heavy atom. The molecular weight excluding hydrogens is 277 g/mol. The lowest BCUT2D eigenvalue weighted by Crippen LogP contribution is -2.33. The molecule has 0 radical (unpaired) electrons. The average molecular weight is 300 g/mol. The first-order chi connectivity index (χ1) is 8.88. The fourth-order valence-corrected chi connectivity index (χ4v) is 3.59. The molecule has 0 aromatic carbocycles. The van der Waals surface area contributed by atoms with Crippen LogP contribution in [0.5, 0.6) is 0 Å². The lowest BCUT2D eigenvalue weighted by Gasteiger charge is -2.40. The molecule has 0 aliphatic heterocycles. The van der Waals surface area contributed by atoms with Crippen molar-refractivity contribution in [2.45, 2.75) is 51.8 Å². The Kier molecular flexibility index (Phi) is 4.79. The Balaban J connectivity index is 2.08. The van der Waals surface area contributed by atoms with Gasteiger partial charge < -0.3 is 0 Å². The Bertz CT molecular complexity index is 425. The Morgan fingerprint density at radius 3 is 2.68 bits per heavy atom. The van der Waals surface area contributed by atoms with Gasteiger partial charge in [-0.15, -0.1) is 11.6 Å². The summed E-state index contributed by atoms with van der Waals surface area (Å²) in [5.41, 5.74) is 1.55. The highest BCUT2D eigenvalue weighted by Gasteiger charge is 2.35. The molecule has 3 heteroatoms. The van der Waals surface area contributed by atoms with Crippen molar-refractivity contribution in [3.63, 3.8) is 0 Å².